The number of carbonyl (C=O) groups excluding carboxylic acids is 1. The van der Waals surface area contributed by atoms with Crippen LogP contribution in [0.5, 0.6) is 0 Å². The Morgan fingerprint density at radius 2 is 2.47 bits per heavy atom. The van der Waals surface area contributed by atoms with E-state index < -0.39 is 0 Å². The first-order chi connectivity index (χ1) is 7.15. The second-order valence-electron chi connectivity index (χ2n) is 3.46. The molecule has 0 bridgehead atoms. The molecule has 1 saturated heterocycles. The molecule has 0 radical (unpaired) electrons. The molecule has 5 nitrogen and oxygen atoms in total. The van der Waals surface area contributed by atoms with Crippen LogP contribution in [0.3, 0.4) is 0 Å². The third-order valence-electron chi connectivity index (χ3n) is 2.43. The zero-order valence-corrected chi connectivity index (χ0v) is 9.68. The fourth-order valence-corrected chi connectivity index (χ4v) is 1.66. The number of amides is 1. The molecule has 1 aliphatic heterocycles. The largest absolute Gasteiger partial charge is 0.393 e. The van der Waals surface area contributed by atoms with Crippen molar-refractivity contribution in [2.45, 2.75) is 12.5 Å². The highest BCUT2D eigenvalue weighted by Crippen LogP contribution is 2.07. The second-order valence-corrected chi connectivity index (χ2v) is 3.98. The summed E-state index contributed by atoms with van der Waals surface area (Å²) in [6.07, 6.45) is 0.642. The first-order valence-corrected chi connectivity index (χ1v) is 5.37. The molecule has 15 heavy (non-hydrogen) atoms. The van der Waals surface area contributed by atoms with Crippen LogP contribution in [0.25, 0.3) is 0 Å². The predicted octanol–water partition coefficient (Wildman–Crippen LogP) is -0.891. The molecule has 0 aromatic rings. The lowest BCUT2D eigenvalue weighted by Gasteiger charge is -2.34. The number of nitrogens with two attached hydrogens (primary N) is 1. The SMILES string of the molecule is CNC(=O)C1COCCN1CCC(N)=S. The minimum atomic E-state index is -0.210. The Hall–Kier alpha value is -0.720. The Morgan fingerprint density at radius 3 is 3.07 bits per heavy atom. The molecule has 3 N–H and O–H groups in total. The molecule has 86 valence electrons. The summed E-state index contributed by atoms with van der Waals surface area (Å²) in [5.74, 6) is -0.0161. The van der Waals surface area contributed by atoms with Crippen LogP contribution in [0, 0.1) is 0 Å². The quantitative estimate of drug-likeness (QED) is 0.614. The Morgan fingerprint density at radius 1 is 1.73 bits per heavy atom. The zero-order chi connectivity index (χ0) is 11.3. The van der Waals surface area contributed by atoms with Crippen LogP contribution < -0.4 is 11.1 Å². The molecule has 1 amide bonds. The van der Waals surface area contributed by atoms with Crippen LogP contribution in [-0.2, 0) is 9.53 Å². The number of morpholine rings is 1. The van der Waals surface area contributed by atoms with Gasteiger partial charge in [0.1, 0.15) is 6.04 Å². The van der Waals surface area contributed by atoms with Crippen LogP contribution >= 0.6 is 12.2 Å². The number of ether oxygens (including phenoxy) is 1. The number of thiocarbonyl (C=S) groups is 1. The van der Waals surface area contributed by atoms with Gasteiger partial charge in [0, 0.05) is 26.6 Å². The number of hydrogen-bond donors (Lipinski definition) is 2. The Bertz CT molecular complexity index is 248. The van der Waals surface area contributed by atoms with Crippen LogP contribution in [0.15, 0.2) is 0 Å². The highest BCUT2D eigenvalue weighted by molar-refractivity contribution is 7.80. The van der Waals surface area contributed by atoms with Gasteiger partial charge in [-0.2, -0.15) is 0 Å². The molecule has 0 aliphatic carbocycles. The van der Waals surface area contributed by atoms with Gasteiger partial charge in [0.25, 0.3) is 0 Å². The van der Waals surface area contributed by atoms with Gasteiger partial charge in [-0.05, 0) is 0 Å². The molecule has 1 heterocycles. The summed E-state index contributed by atoms with van der Waals surface area (Å²) in [6.45, 7) is 2.57. The lowest BCUT2D eigenvalue weighted by Crippen LogP contribution is -2.53. The normalized spacial score (nSPS) is 22.3. The summed E-state index contributed by atoms with van der Waals surface area (Å²) < 4.78 is 5.28. The van der Waals surface area contributed by atoms with E-state index in [9.17, 15) is 4.79 Å². The molecule has 0 aromatic heterocycles. The van der Waals surface area contributed by atoms with Crippen molar-refractivity contribution >= 4 is 23.1 Å². The second kappa shape index (κ2) is 5.99. The van der Waals surface area contributed by atoms with Gasteiger partial charge >= 0.3 is 0 Å². The summed E-state index contributed by atoms with van der Waals surface area (Å²) in [5, 5.41) is 2.63. The Balaban J connectivity index is 2.49. The molecule has 0 aromatic carbocycles. The van der Waals surface area contributed by atoms with E-state index in [1.807, 2.05) is 0 Å². The fraction of sp³-hybridized carbons (Fsp3) is 0.778. The van der Waals surface area contributed by atoms with Crippen molar-refractivity contribution in [3.8, 4) is 0 Å². The molecule has 0 spiro atoms. The maximum absolute atomic E-state index is 11.5. The van der Waals surface area contributed by atoms with Crippen molar-refractivity contribution in [2.24, 2.45) is 5.73 Å². The number of nitrogens with zero attached hydrogens (tertiary/aromatic N) is 1. The van der Waals surface area contributed by atoms with E-state index in [0.717, 1.165) is 13.1 Å². The first kappa shape index (κ1) is 12.4. The van der Waals surface area contributed by atoms with Crippen molar-refractivity contribution in [2.75, 3.05) is 33.4 Å². The maximum atomic E-state index is 11.5. The van der Waals surface area contributed by atoms with Gasteiger partial charge in [-0.3, -0.25) is 9.69 Å². The predicted molar refractivity (Wildman–Crippen MR) is 61.6 cm³/mol. The highest BCUT2D eigenvalue weighted by atomic mass is 32.1. The molecule has 1 unspecified atom stereocenters. The first-order valence-electron chi connectivity index (χ1n) is 4.97. The summed E-state index contributed by atoms with van der Waals surface area (Å²) in [5.41, 5.74) is 5.44. The van der Waals surface area contributed by atoms with Gasteiger partial charge in [-0.15, -0.1) is 0 Å². The van der Waals surface area contributed by atoms with E-state index in [1.165, 1.54) is 0 Å². The van der Waals surface area contributed by atoms with Gasteiger partial charge in [0.05, 0.1) is 18.2 Å². The van der Waals surface area contributed by atoms with E-state index in [1.54, 1.807) is 7.05 Å². The number of likely N-dealkylation sites (N-methyl/N-ethyl adjacent to an activating group) is 1. The summed E-state index contributed by atoms with van der Waals surface area (Å²) in [4.78, 5) is 14.1. The molecule has 1 rings (SSSR count). The lowest BCUT2D eigenvalue weighted by atomic mass is 10.2. The third kappa shape index (κ3) is 3.73. The zero-order valence-electron chi connectivity index (χ0n) is 8.86. The number of rotatable bonds is 4. The number of carbonyl (C=O) groups is 1. The van der Waals surface area contributed by atoms with Crippen LogP contribution in [0.4, 0.5) is 0 Å². The number of nitrogens with one attached hydrogen (secondary N) is 1. The molecular weight excluding hydrogens is 214 g/mol. The summed E-state index contributed by atoms with van der Waals surface area (Å²) in [7, 11) is 1.63. The maximum Gasteiger partial charge on any atom is 0.239 e. The summed E-state index contributed by atoms with van der Waals surface area (Å²) >= 11 is 4.82. The summed E-state index contributed by atoms with van der Waals surface area (Å²) in [6, 6.07) is -0.210. The van der Waals surface area contributed by atoms with Crippen molar-refractivity contribution < 1.29 is 9.53 Å². The van der Waals surface area contributed by atoms with Gasteiger partial charge in [0.15, 0.2) is 0 Å². The van der Waals surface area contributed by atoms with Crippen LogP contribution in [0.1, 0.15) is 6.42 Å². The average molecular weight is 231 g/mol. The Labute approximate surface area is 94.9 Å². The Kier molecular flexibility index (Phi) is 4.93. The van der Waals surface area contributed by atoms with Crippen molar-refractivity contribution in [1.29, 1.82) is 0 Å². The van der Waals surface area contributed by atoms with E-state index in [4.69, 9.17) is 22.7 Å². The van der Waals surface area contributed by atoms with E-state index in [-0.39, 0.29) is 11.9 Å². The fourth-order valence-electron chi connectivity index (χ4n) is 1.57. The molecule has 6 heteroatoms. The molecule has 0 saturated carbocycles. The molecular formula is C9H17N3O2S. The highest BCUT2D eigenvalue weighted by Gasteiger charge is 2.28. The molecule has 1 aliphatic rings. The lowest BCUT2D eigenvalue weighted by molar-refractivity contribution is -0.131. The molecule has 1 atom stereocenters. The standard InChI is InChI=1S/C9H17N3O2S/c1-11-9(13)7-6-14-5-4-12(7)3-2-8(10)15/h7H,2-6H2,1H3,(H2,10,15)(H,11,13). The van der Waals surface area contributed by atoms with Gasteiger partial charge in [-0.1, -0.05) is 12.2 Å². The van der Waals surface area contributed by atoms with E-state index in [2.05, 4.69) is 10.2 Å². The minimum Gasteiger partial charge on any atom is -0.393 e. The van der Waals surface area contributed by atoms with Crippen LogP contribution in [0.2, 0.25) is 0 Å². The van der Waals surface area contributed by atoms with Crippen molar-refractivity contribution in [3.05, 3.63) is 0 Å². The monoisotopic (exact) mass is 231 g/mol. The van der Waals surface area contributed by atoms with Gasteiger partial charge in [0.2, 0.25) is 5.91 Å². The van der Waals surface area contributed by atoms with Gasteiger partial charge in [-0.25, -0.2) is 0 Å². The minimum absolute atomic E-state index is 0.0161. The van der Waals surface area contributed by atoms with Gasteiger partial charge < -0.3 is 15.8 Å². The average Bonchev–Trinajstić information content (AvgIpc) is 2.25. The van der Waals surface area contributed by atoms with Crippen molar-refractivity contribution in [1.82, 2.24) is 10.2 Å². The topological polar surface area (TPSA) is 67.6 Å². The number of hydrogen-bond acceptors (Lipinski definition) is 4. The smallest absolute Gasteiger partial charge is 0.239 e. The third-order valence-corrected chi connectivity index (χ3v) is 2.64. The van der Waals surface area contributed by atoms with Crippen molar-refractivity contribution in [3.63, 3.8) is 0 Å². The van der Waals surface area contributed by atoms with Crippen LogP contribution in [-0.4, -0.2) is 55.2 Å². The van der Waals surface area contributed by atoms with E-state index >= 15 is 0 Å². The van der Waals surface area contributed by atoms with E-state index in [0.29, 0.717) is 24.6 Å². The molecule has 1 fully saturated rings.